The molecule has 1 heterocycles. The number of anilines is 1. The molecule has 0 atom stereocenters. The normalized spacial score (nSPS) is 15.2. The minimum absolute atomic E-state index is 0.181. The zero-order valence-electron chi connectivity index (χ0n) is 16.3. The molecule has 0 bridgehead atoms. The first kappa shape index (κ1) is 22.8. The molecule has 10 heteroatoms. The van der Waals surface area contributed by atoms with Crippen LogP contribution in [0.2, 0.25) is 0 Å². The van der Waals surface area contributed by atoms with Crippen molar-refractivity contribution in [3.05, 3.63) is 29.3 Å². The Kier molecular flexibility index (Phi) is 8.12. The van der Waals surface area contributed by atoms with Gasteiger partial charge in [-0.25, -0.2) is 0 Å². The molecule has 1 aromatic carbocycles. The smallest absolute Gasteiger partial charge is 0.416 e. The highest BCUT2D eigenvalue weighted by Gasteiger charge is 2.31. The summed E-state index contributed by atoms with van der Waals surface area (Å²) in [6.45, 7) is 4.24. The monoisotopic (exact) mass is 416 g/mol. The van der Waals surface area contributed by atoms with Gasteiger partial charge in [0.1, 0.15) is 6.09 Å². The van der Waals surface area contributed by atoms with E-state index in [1.54, 1.807) is 6.92 Å². The number of piperazine rings is 1. The van der Waals surface area contributed by atoms with Crippen molar-refractivity contribution in [1.29, 1.82) is 0 Å². The topological polar surface area (TPSA) is 84.9 Å². The molecule has 0 saturated carbocycles. The molecule has 2 rings (SSSR count). The number of alkyl halides is 3. The van der Waals surface area contributed by atoms with E-state index in [1.165, 1.54) is 11.0 Å². The predicted octanol–water partition coefficient (Wildman–Crippen LogP) is 1.92. The van der Waals surface area contributed by atoms with Crippen LogP contribution in [0.1, 0.15) is 30.9 Å². The number of carboxylic acid groups (broad SMARTS) is 1. The van der Waals surface area contributed by atoms with Crippen LogP contribution in [0.25, 0.3) is 0 Å². The summed E-state index contributed by atoms with van der Waals surface area (Å²) >= 11 is 0. The second-order valence-corrected chi connectivity index (χ2v) is 6.73. The Balaban J connectivity index is 2.02. The number of rotatable bonds is 8. The quantitative estimate of drug-likeness (QED) is 0.515. The molecule has 1 saturated heterocycles. The van der Waals surface area contributed by atoms with Gasteiger partial charge in [-0.1, -0.05) is 6.07 Å². The van der Waals surface area contributed by atoms with E-state index in [9.17, 15) is 27.9 Å². The summed E-state index contributed by atoms with van der Waals surface area (Å²) in [6, 6.07) is 3.54. The van der Waals surface area contributed by atoms with E-state index in [4.69, 9.17) is 4.74 Å². The maximum atomic E-state index is 13.1. The Morgan fingerprint density at radius 1 is 1.21 bits per heavy atom. The van der Waals surface area contributed by atoms with E-state index in [1.807, 2.05) is 4.90 Å². The van der Waals surface area contributed by atoms with Gasteiger partial charge >= 0.3 is 12.1 Å². The maximum Gasteiger partial charge on any atom is 0.416 e. The molecule has 162 valence electrons. The number of ether oxygens (including phenoxy) is 1. The maximum absolute atomic E-state index is 13.1. The fraction of sp³-hybridized carbons (Fsp3) is 0.579. The number of nitrogens with one attached hydrogen (secondary N) is 1. The van der Waals surface area contributed by atoms with Gasteiger partial charge in [0.2, 0.25) is 0 Å². The summed E-state index contributed by atoms with van der Waals surface area (Å²) in [7, 11) is 0. The van der Waals surface area contributed by atoms with Gasteiger partial charge in [0.05, 0.1) is 12.2 Å². The zero-order valence-corrected chi connectivity index (χ0v) is 16.3. The third-order valence-corrected chi connectivity index (χ3v) is 4.64. The third kappa shape index (κ3) is 7.12. The molecule has 1 amide bonds. The summed E-state index contributed by atoms with van der Waals surface area (Å²) in [6.07, 6.45) is -5.07. The van der Waals surface area contributed by atoms with Crippen LogP contribution in [0.3, 0.4) is 0 Å². The first-order valence-corrected chi connectivity index (χ1v) is 9.48. The fourth-order valence-electron chi connectivity index (χ4n) is 3.07. The Hall–Kier alpha value is -2.49. The number of carbonyl (C=O) groups is 2. The van der Waals surface area contributed by atoms with Crippen LogP contribution in [0.5, 0.6) is 0 Å². The van der Waals surface area contributed by atoms with E-state index in [0.29, 0.717) is 56.9 Å². The van der Waals surface area contributed by atoms with Gasteiger partial charge in [0.15, 0.2) is 0 Å². The molecule has 1 aromatic rings. The number of esters is 1. The lowest BCUT2D eigenvalue weighted by Crippen LogP contribution is -2.52. The summed E-state index contributed by atoms with van der Waals surface area (Å²) < 4.78 is 44.1. The number of hydrogen-bond donors (Lipinski definition) is 1. The minimum Gasteiger partial charge on any atom is -0.530 e. The number of benzene rings is 1. The van der Waals surface area contributed by atoms with E-state index in [2.05, 4.69) is 5.32 Å². The number of hydrogen-bond acceptors (Lipinski definition) is 6. The molecule has 29 heavy (non-hydrogen) atoms. The van der Waals surface area contributed by atoms with E-state index >= 15 is 0 Å². The molecule has 0 spiro atoms. The SMILES string of the molecule is CCOC(=O)CCCNc1cc(C(F)(F)F)ccc1CN1CCN(C(=O)[O-])CC1. The molecular weight excluding hydrogens is 391 g/mol. The van der Waals surface area contributed by atoms with Gasteiger partial charge in [0, 0.05) is 51.4 Å². The molecule has 1 aliphatic rings. The molecule has 1 aliphatic heterocycles. The highest BCUT2D eigenvalue weighted by molar-refractivity contribution is 5.69. The summed E-state index contributed by atoms with van der Waals surface area (Å²) in [4.78, 5) is 25.5. The molecule has 1 N–H and O–H groups in total. The third-order valence-electron chi connectivity index (χ3n) is 4.64. The first-order valence-electron chi connectivity index (χ1n) is 9.48. The average molecular weight is 416 g/mol. The lowest BCUT2D eigenvalue weighted by Gasteiger charge is -2.36. The van der Waals surface area contributed by atoms with Crippen LogP contribution < -0.4 is 10.4 Å². The lowest BCUT2D eigenvalue weighted by atomic mass is 10.1. The van der Waals surface area contributed by atoms with Crippen molar-refractivity contribution in [2.45, 2.75) is 32.5 Å². The van der Waals surface area contributed by atoms with Crippen LogP contribution in [-0.2, 0) is 22.3 Å². The Morgan fingerprint density at radius 3 is 2.48 bits per heavy atom. The molecule has 7 nitrogen and oxygen atoms in total. The van der Waals surface area contributed by atoms with Crippen LogP contribution in [0, 0.1) is 0 Å². The van der Waals surface area contributed by atoms with Crippen molar-refractivity contribution in [2.24, 2.45) is 0 Å². The van der Waals surface area contributed by atoms with Gasteiger partial charge in [0.25, 0.3) is 0 Å². The number of carbonyl (C=O) groups excluding carboxylic acids is 2. The van der Waals surface area contributed by atoms with Gasteiger partial charge in [-0.2, -0.15) is 13.2 Å². The summed E-state index contributed by atoms with van der Waals surface area (Å²) in [5, 5.41) is 13.9. The van der Waals surface area contributed by atoms with Crippen molar-refractivity contribution < 1.29 is 32.6 Å². The van der Waals surface area contributed by atoms with Crippen molar-refractivity contribution in [3.8, 4) is 0 Å². The van der Waals surface area contributed by atoms with E-state index in [-0.39, 0.29) is 19.0 Å². The molecular formula is C19H25F3N3O4-. The van der Waals surface area contributed by atoms with Crippen LogP contribution >= 0.6 is 0 Å². The Morgan fingerprint density at radius 2 is 1.90 bits per heavy atom. The van der Waals surface area contributed by atoms with Gasteiger partial charge in [-0.05, 0) is 31.0 Å². The first-order chi connectivity index (χ1) is 13.7. The van der Waals surface area contributed by atoms with E-state index in [0.717, 1.165) is 12.1 Å². The van der Waals surface area contributed by atoms with Crippen molar-refractivity contribution >= 4 is 17.7 Å². The number of halogens is 3. The van der Waals surface area contributed by atoms with Crippen molar-refractivity contribution in [1.82, 2.24) is 9.80 Å². The molecule has 0 aromatic heterocycles. The second kappa shape index (κ2) is 10.3. The highest BCUT2D eigenvalue weighted by atomic mass is 19.4. The largest absolute Gasteiger partial charge is 0.530 e. The van der Waals surface area contributed by atoms with Gasteiger partial charge < -0.3 is 24.9 Å². The molecule has 0 aliphatic carbocycles. The fourth-order valence-corrected chi connectivity index (χ4v) is 3.07. The van der Waals surface area contributed by atoms with Crippen molar-refractivity contribution in [2.75, 3.05) is 44.6 Å². The van der Waals surface area contributed by atoms with E-state index < -0.39 is 17.8 Å². The van der Waals surface area contributed by atoms with Crippen molar-refractivity contribution in [3.63, 3.8) is 0 Å². The number of nitrogens with zero attached hydrogens (tertiary/aromatic N) is 2. The standard InChI is InChI=1S/C19H26F3N3O4/c1-2-29-17(26)4-3-7-23-16-12-15(19(20,21)22)6-5-14(16)13-24-8-10-25(11-9-24)18(27)28/h5-6,12,23H,2-4,7-11,13H2,1H3,(H,27,28)/p-1. The average Bonchev–Trinajstić information content (AvgIpc) is 2.66. The lowest BCUT2D eigenvalue weighted by molar-refractivity contribution is -0.266. The zero-order chi connectivity index (χ0) is 21.4. The predicted molar refractivity (Wildman–Crippen MR) is 98.0 cm³/mol. The minimum atomic E-state index is -4.46. The Bertz CT molecular complexity index is 704. The summed E-state index contributed by atoms with van der Waals surface area (Å²) in [5.74, 6) is -0.343. The summed E-state index contributed by atoms with van der Waals surface area (Å²) in [5.41, 5.74) is 0.276. The van der Waals surface area contributed by atoms with Gasteiger partial charge in [-0.3, -0.25) is 9.69 Å². The van der Waals surface area contributed by atoms with Gasteiger partial charge in [-0.15, -0.1) is 0 Å². The molecule has 0 radical (unpaired) electrons. The molecule has 0 unspecified atom stereocenters. The highest BCUT2D eigenvalue weighted by Crippen LogP contribution is 2.32. The number of amides is 1. The Labute approximate surface area is 167 Å². The van der Waals surface area contributed by atoms with Crippen LogP contribution in [0.15, 0.2) is 18.2 Å². The van der Waals surface area contributed by atoms with Crippen LogP contribution in [-0.4, -0.2) is 61.2 Å². The van der Waals surface area contributed by atoms with Crippen LogP contribution in [0.4, 0.5) is 23.7 Å². The second-order valence-electron chi connectivity index (χ2n) is 6.73. The molecule has 1 fully saturated rings.